The van der Waals surface area contributed by atoms with E-state index < -0.39 is 0 Å². The third-order valence-corrected chi connectivity index (χ3v) is 3.93. The molecule has 0 atom stereocenters. The average molecular weight is 388 g/mol. The summed E-state index contributed by atoms with van der Waals surface area (Å²) >= 11 is 0. The number of hydrogen-bond donors (Lipinski definition) is 0. The van der Waals surface area contributed by atoms with Gasteiger partial charge in [-0.25, -0.2) is 0 Å². The van der Waals surface area contributed by atoms with Crippen molar-refractivity contribution in [3.05, 3.63) is 35.4 Å². The maximum atomic E-state index is 5.37. The van der Waals surface area contributed by atoms with Crippen LogP contribution in [0.15, 0.2) is 34.5 Å². The molecule has 8 nitrogen and oxygen atoms in total. The van der Waals surface area contributed by atoms with E-state index in [1.54, 1.807) is 79.4 Å². The predicted octanol–water partition coefficient (Wildman–Crippen LogP) is 3.19. The van der Waals surface area contributed by atoms with Crippen LogP contribution in [0.3, 0.4) is 0 Å². The van der Waals surface area contributed by atoms with Gasteiger partial charge in [-0.1, -0.05) is 0 Å². The van der Waals surface area contributed by atoms with Crippen molar-refractivity contribution in [2.45, 2.75) is 0 Å². The van der Waals surface area contributed by atoms with Crippen molar-refractivity contribution in [2.24, 2.45) is 10.2 Å². The number of methoxy groups -OCH3 is 6. The highest BCUT2D eigenvalue weighted by atomic mass is 16.5. The molecule has 0 aliphatic rings. The highest BCUT2D eigenvalue weighted by molar-refractivity contribution is 5.88. The molecule has 0 amide bonds. The molecule has 0 bridgehead atoms. The summed E-state index contributed by atoms with van der Waals surface area (Å²) in [5.74, 6) is 3.43. The van der Waals surface area contributed by atoms with Gasteiger partial charge in [0.15, 0.2) is 23.0 Å². The van der Waals surface area contributed by atoms with E-state index in [1.807, 2.05) is 0 Å². The van der Waals surface area contributed by atoms with Crippen LogP contribution < -0.4 is 28.4 Å². The summed E-state index contributed by atoms with van der Waals surface area (Å²) in [6.07, 6.45) is 3.12. The molecular formula is C20H24N2O6. The quantitative estimate of drug-likeness (QED) is 0.485. The minimum atomic E-state index is 0.565. The summed E-state index contributed by atoms with van der Waals surface area (Å²) in [6.45, 7) is 0. The maximum absolute atomic E-state index is 5.37. The van der Waals surface area contributed by atoms with E-state index in [4.69, 9.17) is 28.4 Å². The van der Waals surface area contributed by atoms with Gasteiger partial charge in [0.1, 0.15) is 11.5 Å². The Bertz CT molecular complexity index is 793. The molecule has 150 valence electrons. The zero-order valence-electron chi connectivity index (χ0n) is 16.8. The van der Waals surface area contributed by atoms with Gasteiger partial charge in [-0.15, -0.1) is 0 Å². The number of nitrogens with zero attached hydrogens (tertiary/aromatic N) is 2. The standard InChI is InChI=1S/C20H24N2O6/c1-23-15-9-19(27-5)17(25-3)7-13(15)11-21-22-12-14-8-18(26-4)20(28-6)10-16(14)24-2/h7-12H,1-6H3. The van der Waals surface area contributed by atoms with Gasteiger partial charge in [0.25, 0.3) is 0 Å². The molecule has 0 spiro atoms. The molecule has 8 heteroatoms. The Morgan fingerprint density at radius 2 is 0.750 bits per heavy atom. The van der Waals surface area contributed by atoms with Crippen LogP contribution in [0.4, 0.5) is 0 Å². The normalized spacial score (nSPS) is 10.9. The Morgan fingerprint density at radius 3 is 1.04 bits per heavy atom. The lowest BCUT2D eigenvalue weighted by Crippen LogP contribution is -1.97. The molecule has 2 aromatic carbocycles. The Kier molecular flexibility index (Phi) is 7.50. The molecule has 0 aliphatic carbocycles. The second kappa shape index (κ2) is 10.1. The average Bonchev–Trinajstić information content (AvgIpc) is 2.75. The van der Waals surface area contributed by atoms with E-state index in [2.05, 4.69) is 10.2 Å². The van der Waals surface area contributed by atoms with Gasteiger partial charge in [-0.05, 0) is 12.1 Å². The lowest BCUT2D eigenvalue weighted by atomic mass is 10.2. The smallest absolute Gasteiger partial charge is 0.164 e. The first-order valence-corrected chi connectivity index (χ1v) is 8.28. The monoisotopic (exact) mass is 388 g/mol. The summed E-state index contributed by atoms with van der Waals surface area (Å²) < 4.78 is 31.9. The van der Waals surface area contributed by atoms with Crippen LogP contribution in [-0.2, 0) is 0 Å². The topological polar surface area (TPSA) is 80.1 Å². The highest BCUT2D eigenvalue weighted by Gasteiger charge is 2.11. The highest BCUT2D eigenvalue weighted by Crippen LogP contribution is 2.34. The SMILES string of the molecule is COc1cc(OC)c(OC)cc1C=NN=Cc1cc(OC)c(OC)cc1OC. The first-order chi connectivity index (χ1) is 13.6. The fourth-order valence-corrected chi connectivity index (χ4v) is 2.50. The van der Waals surface area contributed by atoms with Gasteiger partial charge in [-0.3, -0.25) is 0 Å². The number of rotatable bonds is 9. The fraction of sp³-hybridized carbons (Fsp3) is 0.300. The zero-order chi connectivity index (χ0) is 20.5. The molecule has 2 rings (SSSR count). The Balaban J connectivity index is 2.31. The number of hydrogen-bond acceptors (Lipinski definition) is 8. The van der Waals surface area contributed by atoms with Crippen molar-refractivity contribution in [3.63, 3.8) is 0 Å². The Morgan fingerprint density at radius 1 is 0.464 bits per heavy atom. The van der Waals surface area contributed by atoms with Crippen molar-refractivity contribution < 1.29 is 28.4 Å². The lowest BCUT2D eigenvalue weighted by molar-refractivity contribution is 0.349. The van der Waals surface area contributed by atoms with E-state index in [9.17, 15) is 0 Å². The van der Waals surface area contributed by atoms with Crippen molar-refractivity contribution in [2.75, 3.05) is 42.7 Å². The molecule has 0 N–H and O–H groups in total. The summed E-state index contributed by atoms with van der Waals surface area (Å²) in [5, 5.41) is 8.18. The molecule has 0 saturated heterocycles. The van der Waals surface area contributed by atoms with E-state index in [1.165, 1.54) is 0 Å². The van der Waals surface area contributed by atoms with Gasteiger partial charge < -0.3 is 28.4 Å². The van der Waals surface area contributed by atoms with Crippen molar-refractivity contribution in [3.8, 4) is 34.5 Å². The van der Waals surface area contributed by atoms with Crippen molar-refractivity contribution in [1.29, 1.82) is 0 Å². The largest absolute Gasteiger partial charge is 0.496 e. The van der Waals surface area contributed by atoms with Gasteiger partial charge in [0, 0.05) is 23.3 Å². The van der Waals surface area contributed by atoms with Crippen molar-refractivity contribution >= 4 is 12.4 Å². The Hall–Kier alpha value is -3.42. The molecule has 0 heterocycles. The van der Waals surface area contributed by atoms with Crippen molar-refractivity contribution in [1.82, 2.24) is 0 Å². The Labute approximate surface area is 164 Å². The van der Waals surface area contributed by atoms with Gasteiger partial charge in [-0.2, -0.15) is 10.2 Å². The zero-order valence-corrected chi connectivity index (χ0v) is 16.8. The first-order valence-electron chi connectivity index (χ1n) is 8.28. The molecule has 0 aliphatic heterocycles. The molecule has 0 aromatic heterocycles. The van der Waals surface area contributed by atoms with Crippen LogP contribution in [0.25, 0.3) is 0 Å². The van der Waals surface area contributed by atoms with Crippen LogP contribution >= 0.6 is 0 Å². The number of benzene rings is 2. The van der Waals surface area contributed by atoms with Crippen LogP contribution in [0.5, 0.6) is 34.5 Å². The van der Waals surface area contributed by atoms with Crippen LogP contribution in [0.2, 0.25) is 0 Å². The van der Waals surface area contributed by atoms with Crippen LogP contribution in [-0.4, -0.2) is 55.1 Å². The first kappa shape index (κ1) is 20.9. The van der Waals surface area contributed by atoms with E-state index in [-0.39, 0.29) is 0 Å². The summed E-state index contributed by atoms with van der Waals surface area (Å²) in [5.41, 5.74) is 1.38. The minimum absolute atomic E-state index is 0.565. The third kappa shape index (κ3) is 4.64. The lowest BCUT2D eigenvalue weighted by Gasteiger charge is -2.11. The minimum Gasteiger partial charge on any atom is -0.496 e. The summed E-state index contributed by atoms with van der Waals surface area (Å²) in [6, 6.07) is 6.96. The van der Waals surface area contributed by atoms with Crippen LogP contribution in [0.1, 0.15) is 11.1 Å². The molecule has 0 fully saturated rings. The molecule has 0 unspecified atom stereocenters. The molecule has 28 heavy (non-hydrogen) atoms. The summed E-state index contributed by atoms with van der Waals surface area (Å²) in [4.78, 5) is 0. The predicted molar refractivity (Wildman–Crippen MR) is 107 cm³/mol. The van der Waals surface area contributed by atoms with E-state index in [0.717, 1.165) is 0 Å². The third-order valence-electron chi connectivity index (χ3n) is 3.93. The molecule has 0 saturated carbocycles. The fourth-order valence-electron chi connectivity index (χ4n) is 2.50. The van der Waals surface area contributed by atoms with Gasteiger partial charge in [0.2, 0.25) is 0 Å². The molecular weight excluding hydrogens is 364 g/mol. The summed E-state index contributed by atoms with van der Waals surface area (Å²) in [7, 11) is 9.38. The maximum Gasteiger partial charge on any atom is 0.164 e. The van der Waals surface area contributed by atoms with Gasteiger partial charge in [0.05, 0.1) is 55.1 Å². The van der Waals surface area contributed by atoms with E-state index in [0.29, 0.717) is 45.6 Å². The second-order valence-electron chi connectivity index (χ2n) is 5.39. The number of ether oxygens (including phenoxy) is 6. The molecule has 0 radical (unpaired) electrons. The molecule has 2 aromatic rings. The second-order valence-corrected chi connectivity index (χ2v) is 5.39. The van der Waals surface area contributed by atoms with E-state index >= 15 is 0 Å². The van der Waals surface area contributed by atoms with Crippen LogP contribution in [0, 0.1) is 0 Å². The van der Waals surface area contributed by atoms with Gasteiger partial charge >= 0.3 is 0 Å².